The van der Waals surface area contributed by atoms with Gasteiger partial charge in [-0.2, -0.15) is 0 Å². The molecule has 0 aliphatic heterocycles. The molecule has 5 saturated carbocycles. The fourth-order valence-electron chi connectivity index (χ4n) is 16.7. The summed E-state index contributed by atoms with van der Waals surface area (Å²) in [6.07, 6.45) is 13.5. The van der Waals surface area contributed by atoms with Crippen LogP contribution in [0.4, 0.5) is 17.1 Å². The molecule has 72 heavy (non-hydrogen) atoms. The van der Waals surface area contributed by atoms with Crippen LogP contribution in [0.5, 0.6) is 0 Å². The number of aromatic nitrogens is 1. The van der Waals surface area contributed by atoms with Crippen LogP contribution in [0.3, 0.4) is 0 Å². The summed E-state index contributed by atoms with van der Waals surface area (Å²) >= 11 is 0. The second-order valence-corrected chi connectivity index (χ2v) is 22.8. The Kier molecular flexibility index (Phi) is 8.90. The maximum Gasteiger partial charge on any atom is 0.0547 e. The summed E-state index contributed by atoms with van der Waals surface area (Å²) in [5, 5.41) is 2.51. The molecule has 0 unspecified atom stereocenters. The molecule has 1 aromatic heterocycles. The van der Waals surface area contributed by atoms with Crippen molar-refractivity contribution in [3.8, 4) is 50.2 Å². The van der Waals surface area contributed by atoms with Gasteiger partial charge in [0.25, 0.3) is 0 Å². The third-order valence-electron chi connectivity index (χ3n) is 19.3. The summed E-state index contributed by atoms with van der Waals surface area (Å²) in [4.78, 5) is 2.51. The Bertz CT molecular complexity index is 3780. The van der Waals surface area contributed by atoms with E-state index in [1.807, 2.05) is 0 Å². The molecule has 0 saturated heterocycles. The van der Waals surface area contributed by atoms with Crippen molar-refractivity contribution in [3.05, 3.63) is 229 Å². The number of nitrogens with zero attached hydrogens (tertiary/aromatic N) is 2. The normalized spacial score (nSPS) is 22.6. The smallest absolute Gasteiger partial charge is 0.0547 e. The molecule has 0 amide bonds. The van der Waals surface area contributed by atoms with Gasteiger partial charge in [-0.15, -0.1) is 0 Å². The highest BCUT2D eigenvalue weighted by atomic mass is 15.1. The molecule has 4 bridgehead atoms. The molecule has 2 spiro atoms. The van der Waals surface area contributed by atoms with E-state index in [4.69, 9.17) is 0 Å². The molecule has 9 aromatic carbocycles. The number of fused-ring (bicyclic) bond motifs is 11. The highest BCUT2D eigenvalue weighted by Gasteiger charge is 2.61. The molecule has 2 nitrogen and oxygen atoms in total. The van der Waals surface area contributed by atoms with Crippen molar-refractivity contribution in [2.45, 2.75) is 75.0 Å². The molecule has 17 rings (SSSR count). The Hall–Kier alpha value is -7.42. The molecule has 0 atom stereocenters. The molecule has 10 aromatic rings. The molecule has 2 heteroatoms. The number of anilines is 3. The largest absolute Gasteiger partial charge is 0.310 e. The first-order chi connectivity index (χ1) is 35.6. The van der Waals surface area contributed by atoms with E-state index in [1.54, 1.807) is 11.1 Å². The van der Waals surface area contributed by atoms with Gasteiger partial charge in [0, 0.05) is 44.4 Å². The quantitative estimate of drug-likeness (QED) is 0.161. The van der Waals surface area contributed by atoms with Gasteiger partial charge in [0.2, 0.25) is 0 Å². The minimum atomic E-state index is 0.110. The van der Waals surface area contributed by atoms with Gasteiger partial charge in [-0.3, -0.25) is 0 Å². The lowest BCUT2D eigenvalue weighted by molar-refractivity contribution is -0.0399. The predicted octanol–water partition coefficient (Wildman–Crippen LogP) is 18.5. The molecule has 7 aliphatic rings. The van der Waals surface area contributed by atoms with E-state index < -0.39 is 0 Å². The summed E-state index contributed by atoms with van der Waals surface area (Å²) in [6.45, 7) is 0. The number of benzene rings is 9. The first-order valence-electron chi connectivity index (χ1n) is 27.2. The second-order valence-electron chi connectivity index (χ2n) is 22.8. The first kappa shape index (κ1) is 41.2. The Morgan fingerprint density at radius 2 is 0.931 bits per heavy atom. The van der Waals surface area contributed by atoms with Crippen molar-refractivity contribution < 1.29 is 0 Å². The summed E-state index contributed by atoms with van der Waals surface area (Å²) in [6, 6.07) is 79.3. The van der Waals surface area contributed by atoms with E-state index in [-0.39, 0.29) is 10.8 Å². The molecule has 1 heterocycles. The van der Waals surface area contributed by atoms with Gasteiger partial charge in [-0.1, -0.05) is 159 Å². The number of rotatable bonds is 6. The average molecular weight is 927 g/mol. The van der Waals surface area contributed by atoms with Crippen LogP contribution >= 0.6 is 0 Å². The van der Waals surface area contributed by atoms with E-state index in [0.717, 1.165) is 35.0 Å². The van der Waals surface area contributed by atoms with Crippen molar-refractivity contribution >= 4 is 38.9 Å². The maximum atomic E-state index is 2.57. The minimum absolute atomic E-state index is 0.110. The number of para-hydroxylation sites is 1. The van der Waals surface area contributed by atoms with E-state index >= 15 is 0 Å². The van der Waals surface area contributed by atoms with Crippen molar-refractivity contribution in [1.29, 1.82) is 0 Å². The van der Waals surface area contributed by atoms with Gasteiger partial charge in [0.15, 0.2) is 0 Å². The third kappa shape index (κ3) is 5.78. The van der Waals surface area contributed by atoms with Crippen molar-refractivity contribution in [2.24, 2.45) is 23.7 Å². The van der Waals surface area contributed by atoms with Crippen molar-refractivity contribution in [2.75, 3.05) is 4.90 Å². The lowest BCUT2D eigenvalue weighted by Gasteiger charge is -2.61. The van der Waals surface area contributed by atoms with Gasteiger partial charge in [-0.25, -0.2) is 0 Å². The summed E-state index contributed by atoms with van der Waals surface area (Å²) in [5.41, 5.74) is 24.4. The van der Waals surface area contributed by atoms with Gasteiger partial charge in [0.1, 0.15) is 0 Å². The Morgan fingerprint density at radius 3 is 1.72 bits per heavy atom. The Balaban J connectivity index is 0.864. The molecule has 0 radical (unpaired) electrons. The van der Waals surface area contributed by atoms with Crippen LogP contribution in [0.15, 0.2) is 206 Å². The van der Waals surface area contributed by atoms with Crippen LogP contribution in [0.2, 0.25) is 0 Å². The molecule has 348 valence electrons. The third-order valence-corrected chi connectivity index (χ3v) is 19.3. The number of hydrogen-bond acceptors (Lipinski definition) is 1. The second kappa shape index (κ2) is 15.5. The summed E-state index contributed by atoms with van der Waals surface area (Å²) < 4.78 is 2.50. The lowest BCUT2D eigenvalue weighted by atomic mass is 9.43. The number of hydrogen-bond donors (Lipinski definition) is 0. The zero-order valence-corrected chi connectivity index (χ0v) is 40.9. The van der Waals surface area contributed by atoms with Crippen molar-refractivity contribution in [1.82, 2.24) is 4.57 Å². The molecular weight excluding hydrogens is 869 g/mol. The topological polar surface area (TPSA) is 8.17 Å². The monoisotopic (exact) mass is 926 g/mol. The minimum Gasteiger partial charge on any atom is -0.310 e. The van der Waals surface area contributed by atoms with Crippen LogP contribution in [0.1, 0.15) is 86.5 Å². The van der Waals surface area contributed by atoms with Crippen LogP contribution in [-0.2, 0) is 10.8 Å². The van der Waals surface area contributed by atoms with Crippen LogP contribution in [-0.4, -0.2) is 4.57 Å². The predicted molar refractivity (Wildman–Crippen MR) is 299 cm³/mol. The van der Waals surface area contributed by atoms with Gasteiger partial charge in [0.05, 0.1) is 11.0 Å². The molecular formula is C70H58N2. The van der Waals surface area contributed by atoms with E-state index in [2.05, 4.69) is 216 Å². The van der Waals surface area contributed by atoms with E-state index in [9.17, 15) is 0 Å². The van der Waals surface area contributed by atoms with Gasteiger partial charge >= 0.3 is 0 Å². The first-order valence-corrected chi connectivity index (χ1v) is 27.2. The van der Waals surface area contributed by atoms with Crippen LogP contribution in [0, 0.1) is 23.7 Å². The molecule has 7 aliphatic carbocycles. The van der Waals surface area contributed by atoms with Gasteiger partial charge < -0.3 is 9.47 Å². The SMILES string of the molecule is c1ccc(-c2cccc(N(c3ccc4c(c3)-c3ccccc3C43CCCCC3)c3ccc4c(c3)c3ccc(-c5ccc6c(c5)-c5ccccc5[C@]65[C@@H]6CC7C[C@@H](C6)C[C@@H]5C7)cc3n4-c3ccccc3)c2)cc1. The zero-order chi connectivity index (χ0) is 47.1. The van der Waals surface area contributed by atoms with Crippen LogP contribution < -0.4 is 4.90 Å². The Labute approximate surface area is 423 Å². The van der Waals surface area contributed by atoms with Gasteiger partial charge in [-0.05, 0) is 202 Å². The fourth-order valence-corrected chi connectivity index (χ4v) is 16.7. The van der Waals surface area contributed by atoms with Crippen molar-refractivity contribution in [3.63, 3.8) is 0 Å². The summed E-state index contributed by atoms with van der Waals surface area (Å²) in [5.74, 6) is 3.41. The summed E-state index contributed by atoms with van der Waals surface area (Å²) in [7, 11) is 0. The standard InChI is InChI=1S/C70H58N2/c1-4-15-47(16-5-1)48-17-14-20-54(40-48)71(55-27-31-64-61(43-55)57-21-8-10-23-63(57)69(64)33-12-3-13-34-69)56-28-32-67-62(44-56)59-29-25-50(42-68(59)72(67)53-18-6-2-7-19-53)49-26-30-66-60(41-49)58-22-9-11-24-65(58)70(66)51-36-45-35-46(38-51)39-52(70)37-45/h1-2,4-11,14-32,40-46,51-52H,3,12-13,33-39H2/t45-,46?,51-,52+,70+. The fraction of sp³-hybridized carbons (Fsp3) is 0.229. The molecule has 5 fully saturated rings. The Morgan fingerprint density at radius 1 is 0.361 bits per heavy atom. The van der Waals surface area contributed by atoms with E-state index in [1.165, 1.54) is 153 Å². The maximum absolute atomic E-state index is 2.57. The highest BCUT2D eigenvalue weighted by molar-refractivity contribution is 6.12. The van der Waals surface area contributed by atoms with E-state index in [0.29, 0.717) is 0 Å². The zero-order valence-electron chi connectivity index (χ0n) is 40.9. The highest BCUT2D eigenvalue weighted by Crippen LogP contribution is 2.69. The van der Waals surface area contributed by atoms with Crippen LogP contribution in [0.25, 0.3) is 72.0 Å². The average Bonchev–Trinajstić information content (AvgIpc) is 4.02. The molecule has 0 N–H and O–H groups in total. The lowest BCUT2D eigenvalue weighted by Crippen LogP contribution is -2.55.